The lowest BCUT2D eigenvalue weighted by Gasteiger charge is -2.11. The molecule has 4 heteroatoms. The maximum atomic E-state index is 11.7. The third-order valence-corrected chi connectivity index (χ3v) is 3.12. The van der Waals surface area contributed by atoms with E-state index in [0.717, 1.165) is 36.1 Å². The largest absolute Gasteiger partial charge is 0.395 e. The standard InChI is InChI=1S/C16H20N2O2/c1-2-13-11-12(5-3-4-10-19)6-9-15(13)18-16(20)17-14-7-8-14/h6,9,11,14,19H,2,4,7-8,10H2,1H3,(H2,17,18,20). The minimum atomic E-state index is -0.138. The fraction of sp³-hybridized carbons (Fsp3) is 0.438. The van der Waals surface area contributed by atoms with E-state index in [4.69, 9.17) is 5.11 Å². The molecule has 1 aromatic carbocycles. The van der Waals surface area contributed by atoms with Gasteiger partial charge in [0.15, 0.2) is 0 Å². The summed E-state index contributed by atoms with van der Waals surface area (Å²) in [5.41, 5.74) is 2.80. The molecular weight excluding hydrogens is 252 g/mol. The third kappa shape index (κ3) is 4.29. The number of rotatable bonds is 4. The number of anilines is 1. The average Bonchev–Trinajstić information content (AvgIpc) is 3.24. The highest BCUT2D eigenvalue weighted by Gasteiger charge is 2.23. The summed E-state index contributed by atoms with van der Waals surface area (Å²) in [4.78, 5) is 11.7. The molecule has 1 fully saturated rings. The van der Waals surface area contributed by atoms with E-state index in [1.807, 2.05) is 25.1 Å². The highest BCUT2D eigenvalue weighted by atomic mass is 16.2. The molecule has 4 nitrogen and oxygen atoms in total. The molecule has 0 saturated heterocycles. The zero-order valence-corrected chi connectivity index (χ0v) is 11.7. The van der Waals surface area contributed by atoms with Crippen LogP contribution >= 0.6 is 0 Å². The van der Waals surface area contributed by atoms with Gasteiger partial charge in [-0.1, -0.05) is 18.8 Å². The number of hydrogen-bond acceptors (Lipinski definition) is 2. The second kappa shape index (κ2) is 6.97. The minimum Gasteiger partial charge on any atom is -0.395 e. The SMILES string of the molecule is CCc1cc(C#CCCO)ccc1NC(=O)NC1CC1. The van der Waals surface area contributed by atoms with E-state index in [-0.39, 0.29) is 12.6 Å². The van der Waals surface area contributed by atoms with Crippen molar-refractivity contribution in [3.8, 4) is 11.8 Å². The van der Waals surface area contributed by atoms with Crippen LogP contribution in [0.5, 0.6) is 0 Å². The zero-order valence-electron chi connectivity index (χ0n) is 11.7. The maximum absolute atomic E-state index is 11.7. The quantitative estimate of drug-likeness (QED) is 0.736. The van der Waals surface area contributed by atoms with Crippen LogP contribution in [-0.4, -0.2) is 23.8 Å². The van der Waals surface area contributed by atoms with Gasteiger partial charge in [0.25, 0.3) is 0 Å². The highest BCUT2D eigenvalue weighted by molar-refractivity contribution is 5.90. The van der Waals surface area contributed by atoms with Gasteiger partial charge < -0.3 is 15.7 Å². The molecule has 0 aromatic heterocycles. The lowest BCUT2D eigenvalue weighted by atomic mass is 10.1. The second-order valence-electron chi connectivity index (χ2n) is 4.87. The molecule has 1 saturated carbocycles. The fourth-order valence-electron chi connectivity index (χ4n) is 1.88. The number of carbonyl (C=O) groups is 1. The Morgan fingerprint density at radius 1 is 1.45 bits per heavy atom. The average molecular weight is 272 g/mol. The molecule has 1 aliphatic carbocycles. The topological polar surface area (TPSA) is 61.4 Å². The van der Waals surface area contributed by atoms with Crippen molar-refractivity contribution >= 4 is 11.7 Å². The lowest BCUT2D eigenvalue weighted by molar-refractivity contribution is 0.251. The summed E-state index contributed by atoms with van der Waals surface area (Å²) in [6, 6.07) is 5.96. The van der Waals surface area contributed by atoms with E-state index in [1.165, 1.54) is 0 Å². The van der Waals surface area contributed by atoms with Gasteiger partial charge in [-0.15, -0.1) is 0 Å². The molecule has 2 amide bonds. The third-order valence-electron chi connectivity index (χ3n) is 3.12. The van der Waals surface area contributed by atoms with E-state index >= 15 is 0 Å². The van der Waals surface area contributed by atoms with Crippen LogP contribution < -0.4 is 10.6 Å². The van der Waals surface area contributed by atoms with Gasteiger partial charge in [-0.2, -0.15) is 0 Å². The molecule has 2 rings (SSSR count). The summed E-state index contributed by atoms with van der Waals surface area (Å²) < 4.78 is 0. The number of benzene rings is 1. The molecule has 3 N–H and O–H groups in total. The van der Waals surface area contributed by atoms with Gasteiger partial charge in [0.05, 0.1) is 6.61 Å². The lowest BCUT2D eigenvalue weighted by Crippen LogP contribution is -2.30. The number of hydrogen-bond donors (Lipinski definition) is 3. The number of nitrogens with one attached hydrogen (secondary N) is 2. The highest BCUT2D eigenvalue weighted by Crippen LogP contribution is 2.20. The van der Waals surface area contributed by atoms with Gasteiger partial charge in [-0.05, 0) is 43.0 Å². The Balaban J connectivity index is 2.05. The van der Waals surface area contributed by atoms with Crippen LogP contribution in [0.25, 0.3) is 0 Å². The molecule has 0 atom stereocenters. The maximum Gasteiger partial charge on any atom is 0.319 e. The monoisotopic (exact) mass is 272 g/mol. The van der Waals surface area contributed by atoms with Crippen molar-refractivity contribution in [2.75, 3.05) is 11.9 Å². The van der Waals surface area contributed by atoms with Crippen molar-refractivity contribution in [2.45, 2.75) is 38.6 Å². The summed E-state index contributed by atoms with van der Waals surface area (Å²) in [7, 11) is 0. The van der Waals surface area contributed by atoms with Crippen LogP contribution in [0.1, 0.15) is 37.3 Å². The molecule has 0 aliphatic heterocycles. The summed E-state index contributed by atoms with van der Waals surface area (Å²) in [5, 5.41) is 14.5. The van der Waals surface area contributed by atoms with Gasteiger partial charge in [0.1, 0.15) is 0 Å². The molecule has 0 radical (unpaired) electrons. The minimum absolute atomic E-state index is 0.0780. The molecule has 0 heterocycles. The Morgan fingerprint density at radius 2 is 2.25 bits per heavy atom. The smallest absolute Gasteiger partial charge is 0.319 e. The molecule has 0 spiro atoms. The van der Waals surface area contributed by atoms with Crippen LogP contribution in [0.15, 0.2) is 18.2 Å². The molecule has 0 unspecified atom stereocenters. The number of amides is 2. The van der Waals surface area contributed by atoms with Gasteiger partial charge in [-0.3, -0.25) is 0 Å². The molecule has 1 aliphatic rings. The number of aliphatic hydroxyl groups excluding tert-OH is 1. The van der Waals surface area contributed by atoms with Crippen molar-refractivity contribution < 1.29 is 9.90 Å². The number of aliphatic hydroxyl groups is 1. The van der Waals surface area contributed by atoms with Crippen LogP contribution in [0.2, 0.25) is 0 Å². The van der Waals surface area contributed by atoms with E-state index in [0.29, 0.717) is 12.5 Å². The molecule has 1 aromatic rings. The summed E-state index contributed by atoms with van der Waals surface area (Å²) >= 11 is 0. The Bertz CT molecular complexity index is 539. The molecule has 20 heavy (non-hydrogen) atoms. The first-order chi connectivity index (χ1) is 9.72. The summed E-state index contributed by atoms with van der Waals surface area (Å²) in [5.74, 6) is 5.90. The second-order valence-corrected chi connectivity index (χ2v) is 4.87. The zero-order chi connectivity index (χ0) is 14.4. The predicted octanol–water partition coefficient (Wildman–Crippen LogP) is 2.27. The van der Waals surface area contributed by atoms with E-state index in [9.17, 15) is 4.79 Å². The Kier molecular flexibility index (Phi) is 5.03. The molecule has 0 bridgehead atoms. The van der Waals surface area contributed by atoms with Crippen molar-refractivity contribution in [1.29, 1.82) is 0 Å². The van der Waals surface area contributed by atoms with Crippen molar-refractivity contribution in [1.82, 2.24) is 5.32 Å². The van der Waals surface area contributed by atoms with Gasteiger partial charge in [0, 0.05) is 23.7 Å². The van der Waals surface area contributed by atoms with E-state index in [2.05, 4.69) is 22.5 Å². The van der Waals surface area contributed by atoms with Crippen LogP contribution in [0, 0.1) is 11.8 Å². The fourth-order valence-corrected chi connectivity index (χ4v) is 1.88. The Morgan fingerprint density at radius 3 is 2.90 bits per heavy atom. The van der Waals surface area contributed by atoms with Crippen molar-refractivity contribution in [3.05, 3.63) is 29.3 Å². The van der Waals surface area contributed by atoms with E-state index < -0.39 is 0 Å². The summed E-state index contributed by atoms with van der Waals surface area (Å²) in [6.07, 6.45) is 3.46. The van der Waals surface area contributed by atoms with E-state index in [1.54, 1.807) is 0 Å². The first-order valence-electron chi connectivity index (χ1n) is 7.03. The predicted molar refractivity (Wildman–Crippen MR) is 79.6 cm³/mol. The van der Waals surface area contributed by atoms with Crippen LogP contribution in [-0.2, 0) is 6.42 Å². The normalized spacial score (nSPS) is 13.3. The van der Waals surface area contributed by atoms with Crippen LogP contribution in [0.4, 0.5) is 10.5 Å². The van der Waals surface area contributed by atoms with Gasteiger partial charge in [-0.25, -0.2) is 4.79 Å². The Labute approximate surface area is 119 Å². The van der Waals surface area contributed by atoms with Gasteiger partial charge in [0.2, 0.25) is 0 Å². The van der Waals surface area contributed by atoms with Crippen molar-refractivity contribution in [2.24, 2.45) is 0 Å². The first-order valence-corrected chi connectivity index (χ1v) is 7.03. The Hall–Kier alpha value is -1.99. The number of carbonyl (C=O) groups excluding carboxylic acids is 1. The summed E-state index contributed by atoms with van der Waals surface area (Å²) in [6.45, 7) is 2.12. The van der Waals surface area contributed by atoms with Crippen LogP contribution in [0.3, 0.4) is 0 Å². The first kappa shape index (κ1) is 14.4. The molecule has 106 valence electrons. The molecular formula is C16H20N2O2. The number of urea groups is 1. The van der Waals surface area contributed by atoms with Gasteiger partial charge >= 0.3 is 6.03 Å². The van der Waals surface area contributed by atoms with Crippen molar-refractivity contribution in [3.63, 3.8) is 0 Å². The number of aryl methyl sites for hydroxylation is 1.